The van der Waals surface area contributed by atoms with Crippen LogP contribution < -0.4 is 4.90 Å². The smallest absolute Gasteiger partial charge is 0.376 e. The van der Waals surface area contributed by atoms with Gasteiger partial charge >= 0.3 is 5.97 Å². The summed E-state index contributed by atoms with van der Waals surface area (Å²) in [6, 6.07) is 8.30. The van der Waals surface area contributed by atoms with E-state index in [0.717, 1.165) is 16.7 Å². The van der Waals surface area contributed by atoms with Gasteiger partial charge < -0.3 is 9.64 Å². The summed E-state index contributed by atoms with van der Waals surface area (Å²) < 4.78 is 5.07. The molecule has 0 amide bonds. The molecule has 0 bridgehead atoms. The number of esters is 1. The first-order chi connectivity index (χ1) is 11.2. The molecular formula is C18H23N3O2. The van der Waals surface area contributed by atoms with E-state index in [0.29, 0.717) is 12.6 Å². The quantitative estimate of drug-likeness (QED) is 0.808. The highest BCUT2D eigenvalue weighted by Crippen LogP contribution is 2.29. The lowest BCUT2D eigenvalue weighted by Crippen LogP contribution is -2.34. The van der Waals surface area contributed by atoms with Crippen LogP contribution in [0.1, 0.15) is 49.6 Å². The number of ether oxygens (including phenoxy) is 1. The first-order valence-corrected chi connectivity index (χ1v) is 8.37. The summed E-state index contributed by atoms with van der Waals surface area (Å²) in [5.74, 6) is 0.505. The minimum Gasteiger partial charge on any atom is -0.460 e. The van der Waals surface area contributed by atoms with Gasteiger partial charge in [-0.25, -0.2) is 14.8 Å². The largest absolute Gasteiger partial charge is 0.460 e. The molecule has 2 aromatic rings. The van der Waals surface area contributed by atoms with Crippen molar-refractivity contribution in [2.24, 2.45) is 0 Å². The molecule has 1 aliphatic rings. The highest BCUT2D eigenvalue weighted by atomic mass is 16.5. The number of fused-ring (bicyclic) bond motifs is 1. The Balaban J connectivity index is 2.04. The number of hydrogen-bond donors (Lipinski definition) is 0. The number of carbonyl (C=O) groups excluding carboxylic acids is 1. The molecule has 5 nitrogen and oxygen atoms in total. The summed E-state index contributed by atoms with van der Waals surface area (Å²) in [7, 11) is 2.07. The zero-order chi connectivity index (χ0) is 16.2. The summed E-state index contributed by atoms with van der Waals surface area (Å²) in [6.07, 6.45) is 6.15. The second-order valence-electron chi connectivity index (χ2n) is 6.01. The van der Waals surface area contributed by atoms with E-state index in [1.165, 1.54) is 32.1 Å². The summed E-state index contributed by atoms with van der Waals surface area (Å²) in [5, 5.41) is 0.980. The molecule has 0 saturated heterocycles. The maximum atomic E-state index is 12.1. The van der Waals surface area contributed by atoms with Crippen molar-refractivity contribution in [1.82, 2.24) is 9.97 Å². The maximum absolute atomic E-state index is 12.1. The van der Waals surface area contributed by atoms with Crippen molar-refractivity contribution in [3.8, 4) is 0 Å². The fraction of sp³-hybridized carbons (Fsp3) is 0.500. The molecule has 0 spiro atoms. The molecule has 0 unspecified atom stereocenters. The Kier molecular flexibility index (Phi) is 4.74. The summed E-state index contributed by atoms with van der Waals surface area (Å²) in [6.45, 7) is 2.11. The molecule has 122 valence electrons. The molecule has 0 atom stereocenters. The lowest BCUT2D eigenvalue weighted by atomic mass is 9.94. The number of carbonyl (C=O) groups is 1. The third-order valence-corrected chi connectivity index (χ3v) is 4.50. The predicted octanol–water partition coefficient (Wildman–Crippen LogP) is 3.58. The zero-order valence-electron chi connectivity index (χ0n) is 13.8. The van der Waals surface area contributed by atoms with Crippen molar-refractivity contribution in [2.45, 2.75) is 45.1 Å². The summed E-state index contributed by atoms with van der Waals surface area (Å²) >= 11 is 0. The van der Waals surface area contributed by atoms with E-state index < -0.39 is 5.97 Å². The van der Waals surface area contributed by atoms with Crippen LogP contribution in [-0.2, 0) is 4.74 Å². The van der Waals surface area contributed by atoms with E-state index in [9.17, 15) is 4.79 Å². The van der Waals surface area contributed by atoms with Gasteiger partial charge in [0, 0.05) is 18.5 Å². The van der Waals surface area contributed by atoms with Gasteiger partial charge in [-0.2, -0.15) is 0 Å². The summed E-state index contributed by atoms with van der Waals surface area (Å²) in [4.78, 5) is 23.2. The average molecular weight is 313 g/mol. The van der Waals surface area contributed by atoms with Crippen LogP contribution in [0, 0.1) is 0 Å². The Labute approximate surface area is 136 Å². The molecule has 23 heavy (non-hydrogen) atoms. The van der Waals surface area contributed by atoms with E-state index in [-0.39, 0.29) is 5.82 Å². The van der Waals surface area contributed by atoms with Crippen molar-refractivity contribution >= 4 is 22.7 Å². The van der Waals surface area contributed by atoms with E-state index in [2.05, 4.69) is 21.9 Å². The molecule has 0 N–H and O–H groups in total. The molecule has 1 heterocycles. The molecule has 1 aliphatic carbocycles. The van der Waals surface area contributed by atoms with Crippen LogP contribution in [0.3, 0.4) is 0 Å². The van der Waals surface area contributed by atoms with Crippen LogP contribution in [-0.4, -0.2) is 35.6 Å². The molecule has 1 saturated carbocycles. The third kappa shape index (κ3) is 3.28. The molecule has 1 fully saturated rings. The van der Waals surface area contributed by atoms with Gasteiger partial charge in [0.05, 0.1) is 12.1 Å². The van der Waals surface area contributed by atoms with Crippen LogP contribution in [0.15, 0.2) is 24.3 Å². The van der Waals surface area contributed by atoms with Gasteiger partial charge in [0.25, 0.3) is 0 Å². The number of aromatic nitrogens is 2. The first-order valence-electron chi connectivity index (χ1n) is 8.37. The van der Waals surface area contributed by atoms with Crippen molar-refractivity contribution in [1.29, 1.82) is 0 Å². The van der Waals surface area contributed by atoms with Crippen LogP contribution in [0.25, 0.3) is 10.9 Å². The van der Waals surface area contributed by atoms with Crippen molar-refractivity contribution < 1.29 is 9.53 Å². The Morgan fingerprint density at radius 2 is 1.96 bits per heavy atom. The first kappa shape index (κ1) is 15.7. The van der Waals surface area contributed by atoms with E-state index >= 15 is 0 Å². The van der Waals surface area contributed by atoms with Gasteiger partial charge in [-0.3, -0.25) is 0 Å². The number of hydrogen-bond acceptors (Lipinski definition) is 5. The number of nitrogens with zero attached hydrogens (tertiary/aromatic N) is 3. The van der Waals surface area contributed by atoms with E-state index in [1.54, 1.807) is 6.92 Å². The second-order valence-corrected chi connectivity index (χ2v) is 6.01. The fourth-order valence-electron chi connectivity index (χ4n) is 3.26. The Hall–Kier alpha value is -2.17. The minimum absolute atomic E-state index is 0.142. The molecule has 3 rings (SSSR count). The fourth-order valence-corrected chi connectivity index (χ4v) is 3.26. The van der Waals surface area contributed by atoms with Crippen molar-refractivity contribution in [3.63, 3.8) is 0 Å². The third-order valence-electron chi connectivity index (χ3n) is 4.50. The van der Waals surface area contributed by atoms with Gasteiger partial charge in [0.1, 0.15) is 5.82 Å². The lowest BCUT2D eigenvalue weighted by molar-refractivity contribution is 0.0512. The van der Waals surface area contributed by atoms with Gasteiger partial charge in [-0.05, 0) is 31.9 Å². The minimum atomic E-state index is -0.462. The van der Waals surface area contributed by atoms with Crippen LogP contribution in [0.5, 0.6) is 0 Å². The number of benzene rings is 1. The summed E-state index contributed by atoms with van der Waals surface area (Å²) in [5.41, 5.74) is 0.781. The van der Waals surface area contributed by atoms with Crippen molar-refractivity contribution in [2.75, 3.05) is 18.6 Å². The Bertz CT molecular complexity index is 696. The van der Waals surface area contributed by atoms with Crippen LogP contribution >= 0.6 is 0 Å². The Morgan fingerprint density at radius 1 is 1.22 bits per heavy atom. The maximum Gasteiger partial charge on any atom is 0.376 e. The molecule has 0 aliphatic heterocycles. The molecule has 1 aromatic heterocycles. The number of anilines is 1. The normalized spacial score (nSPS) is 15.6. The van der Waals surface area contributed by atoms with Crippen molar-refractivity contribution in [3.05, 3.63) is 30.1 Å². The molecular weight excluding hydrogens is 290 g/mol. The molecule has 0 radical (unpaired) electrons. The van der Waals surface area contributed by atoms with Gasteiger partial charge in [0.2, 0.25) is 5.82 Å². The standard InChI is InChI=1S/C18H23N3O2/c1-3-23-18(22)16-19-15-12-8-7-11-14(15)17(20-16)21(2)13-9-5-4-6-10-13/h7-8,11-13H,3-6,9-10H2,1-2H3. The van der Waals surface area contributed by atoms with Crippen LogP contribution in [0.4, 0.5) is 5.82 Å². The SMILES string of the molecule is CCOC(=O)c1nc(N(C)C2CCCCC2)c2ccccc2n1. The Morgan fingerprint density at radius 3 is 2.70 bits per heavy atom. The van der Waals surface area contributed by atoms with Gasteiger partial charge in [0.15, 0.2) is 0 Å². The predicted molar refractivity (Wildman–Crippen MR) is 90.8 cm³/mol. The van der Waals surface area contributed by atoms with E-state index in [4.69, 9.17) is 4.74 Å². The number of para-hydroxylation sites is 1. The van der Waals surface area contributed by atoms with Gasteiger partial charge in [-0.1, -0.05) is 31.4 Å². The molecule has 1 aromatic carbocycles. The van der Waals surface area contributed by atoms with Crippen LogP contribution in [0.2, 0.25) is 0 Å². The van der Waals surface area contributed by atoms with Gasteiger partial charge in [-0.15, -0.1) is 0 Å². The second kappa shape index (κ2) is 6.94. The van der Waals surface area contributed by atoms with E-state index in [1.807, 2.05) is 24.3 Å². The zero-order valence-corrected chi connectivity index (χ0v) is 13.8. The topological polar surface area (TPSA) is 55.3 Å². The highest BCUT2D eigenvalue weighted by Gasteiger charge is 2.23. The number of rotatable bonds is 4. The molecule has 5 heteroatoms. The average Bonchev–Trinajstić information content (AvgIpc) is 2.61. The highest BCUT2D eigenvalue weighted by molar-refractivity contribution is 5.94. The lowest BCUT2D eigenvalue weighted by Gasteiger charge is -2.32. The monoisotopic (exact) mass is 313 g/mol.